The number of carboxylic acids is 1. The summed E-state index contributed by atoms with van der Waals surface area (Å²) >= 11 is 0. The van der Waals surface area contributed by atoms with E-state index >= 15 is 0 Å². The highest BCUT2D eigenvalue weighted by molar-refractivity contribution is 7.89. The van der Waals surface area contributed by atoms with E-state index in [-0.39, 0.29) is 13.0 Å². The molecular formula is C12H13F2NO5S. The Bertz CT molecular complexity index is 643. The Morgan fingerprint density at radius 1 is 1.24 bits per heavy atom. The highest BCUT2D eigenvalue weighted by atomic mass is 32.2. The second-order valence-electron chi connectivity index (χ2n) is 4.77. The van der Waals surface area contributed by atoms with Gasteiger partial charge in [0, 0.05) is 19.2 Å². The zero-order valence-electron chi connectivity index (χ0n) is 10.7. The number of carbonyl (C=O) groups is 1. The Morgan fingerprint density at radius 3 is 2.33 bits per heavy atom. The molecule has 1 saturated heterocycles. The zero-order chi connectivity index (χ0) is 15.8. The summed E-state index contributed by atoms with van der Waals surface area (Å²) in [6.07, 6.45) is -1.22. The van der Waals surface area contributed by atoms with Crippen LogP contribution in [0.5, 0.6) is 0 Å². The van der Waals surface area contributed by atoms with Crippen LogP contribution in [0, 0.1) is 17.6 Å². The SMILES string of the molecule is O=C(O)[C@H]1CN(S(=O)(=O)c2cc(F)cc(F)c2)CC[C@H]1O. The molecule has 2 N–H and O–H groups in total. The lowest BCUT2D eigenvalue weighted by atomic mass is 9.96. The molecule has 0 saturated carbocycles. The summed E-state index contributed by atoms with van der Waals surface area (Å²) in [4.78, 5) is 10.4. The number of aliphatic hydroxyl groups excluding tert-OH is 1. The van der Waals surface area contributed by atoms with Gasteiger partial charge in [-0.2, -0.15) is 4.31 Å². The van der Waals surface area contributed by atoms with Gasteiger partial charge in [0.15, 0.2) is 0 Å². The van der Waals surface area contributed by atoms with E-state index in [2.05, 4.69) is 0 Å². The van der Waals surface area contributed by atoms with Crippen molar-refractivity contribution in [3.8, 4) is 0 Å². The number of rotatable bonds is 3. The minimum Gasteiger partial charge on any atom is -0.481 e. The molecule has 1 aliphatic rings. The topological polar surface area (TPSA) is 94.9 Å². The van der Waals surface area contributed by atoms with Gasteiger partial charge < -0.3 is 10.2 Å². The van der Waals surface area contributed by atoms with Crippen molar-refractivity contribution in [1.82, 2.24) is 4.31 Å². The summed E-state index contributed by atoms with van der Waals surface area (Å²) < 4.78 is 51.7. The molecule has 116 valence electrons. The second-order valence-corrected chi connectivity index (χ2v) is 6.71. The van der Waals surface area contributed by atoms with Gasteiger partial charge in [-0.1, -0.05) is 0 Å². The fourth-order valence-electron chi connectivity index (χ4n) is 2.20. The molecule has 0 spiro atoms. The highest BCUT2D eigenvalue weighted by Crippen LogP contribution is 2.25. The number of nitrogens with zero attached hydrogens (tertiary/aromatic N) is 1. The third-order valence-corrected chi connectivity index (χ3v) is 5.17. The van der Waals surface area contributed by atoms with Gasteiger partial charge in [0.1, 0.15) is 11.6 Å². The van der Waals surface area contributed by atoms with Crippen molar-refractivity contribution in [3.05, 3.63) is 29.8 Å². The first-order chi connectivity index (χ1) is 9.71. The summed E-state index contributed by atoms with van der Waals surface area (Å²) in [5, 5.41) is 18.5. The largest absolute Gasteiger partial charge is 0.481 e. The standard InChI is InChI=1S/C12H13F2NO5S/c13-7-3-8(14)5-9(4-7)21(19,20)15-2-1-11(16)10(6-15)12(17)18/h3-5,10-11,16H,1-2,6H2,(H,17,18)/t10-,11+/m0/s1. The number of hydrogen-bond donors (Lipinski definition) is 2. The van der Waals surface area contributed by atoms with Crippen LogP contribution in [0.15, 0.2) is 23.1 Å². The minimum absolute atomic E-state index is 0.0615. The maximum absolute atomic E-state index is 13.1. The molecule has 0 aliphatic carbocycles. The van der Waals surface area contributed by atoms with Crippen LogP contribution >= 0.6 is 0 Å². The van der Waals surface area contributed by atoms with Crippen molar-refractivity contribution >= 4 is 16.0 Å². The first kappa shape index (κ1) is 15.8. The number of aliphatic hydroxyl groups is 1. The number of halogens is 2. The summed E-state index contributed by atoms with van der Waals surface area (Å²) in [5.74, 6) is -4.68. The Kier molecular flexibility index (Phi) is 4.26. The van der Waals surface area contributed by atoms with Gasteiger partial charge in [0.05, 0.1) is 16.9 Å². The highest BCUT2D eigenvalue weighted by Gasteiger charge is 2.38. The summed E-state index contributed by atoms with van der Waals surface area (Å²) in [6, 6.07) is 1.87. The third kappa shape index (κ3) is 3.20. The zero-order valence-corrected chi connectivity index (χ0v) is 11.6. The molecule has 21 heavy (non-hydrogen) atoms. The molecule has 0 amide bonds. The van der Waals surface area contributed by atoms with Crippen molar-refractivity contribution in [3.63, 3.8) is 0 Å². The van der Waals surface area contributed by atoms with Crippen molar-refractivity contribution in [2.24, 2.45) is 5.92 Å². The third-order valence-electron chi connectivity index (χ3n) is 3.33. The van der Waals surface area contributed by atoms with E-state index in [0.717, 1.165) is 4.31 Å². The fourth-order valence-corrected chi connectivity index (χ4v) is 3.72. The van der Waals surface area contributed by atoms with Crippen LogP contribution in [0.3, 0.4) is 0 Å². The van der Waals surface area contributed by atoms with E-state index in [9.17, 15) is 27.1 Å². The number of sulfonamides is 1. The van der Waals surface area contributed by atoms with Gasteiger partial charge in [-0.3, -0.25) is 4.79 Å². The van der Waals surface area contributed by atoms with Crippen LogP contribution in [-0.4, -0.2) is 48.1 Å². The quantitative estimate of drug-likeness (QED) is 0.841. The van der Waals surface area contributed by atoms with Crippen molar-refractivity contribution in [1.29, 1.82) is 0 Å². The number of hydrogen-bond acceptors (Lipinski definition) is 4. The maximum atomic E-state index is 13.1. The molecule has 1 heterocycles. The Hall–Kier alpha value is -1.58. The van der Waals surface area contributed by atoms with E-state index in [0.29, 0.717) is 18.2 Å². The van der Waals surface area contributed by atoms with E-state index in [1.807, 2.05) is 0 Å². The molecule has 1 aromatic carbocycles. The number of carboxylic acid groups (broad SMARTS) is 1. The van der Waals surface area contributed by atoms with E-state index in [1.54, 1.807) is 0 Å². The molecule has 0 radical (unpaired) electrons. The molecular weight excluding hydrogens is 308 g/mol. The van der Waals surface area contributed by atoms with E-state index < -0.39 is 51.1 Å². The maximum Gasteiger partial charge on any atom is 0.310 e. The molecule has 2 rings (SSSR count). The van der Waals surface area contributed by atoms with Crippen molar-refractivity contribution < 1.29 is 32.2 Å². The summed E-state index contributed by atoms with van der Waals surface area (Å²) in [6.45, 7) is -0.567. The fraction of sp³-hybridized carbons (Fsp3) is 0.417. The van der Waals surface area contributed by atoms with Gasteiger partial charge in [0.2, 0.25) is 10.0 Å². The average Bonchev–Trinajstić information content (AvgIpc) is 2.37. The minimum atomic E-state index is -4.22. The molecule has 9 heteroatoms. The lowest BCUT2D eigenvalue weighted by Crippen LogP contribution is -2.48. The Labute approximate surface area is 119 Å². The molecule has 2 atom stereocenters. The van der Waals surface area contributed by atoms with Crippen LogP contribution < -0.4 is 0 Å². The molecule has 1 aliphatic heterocycles. The summed E-state index contributed by atoms with van der Waals surface area (Å²) in [5.41, 5.74) is 0. The van der Waals surface area contributed by atoms with Gasteiger partial charge in [0.25, 0.3) is 0 Å². The molecule has 0 bridgehead atoms. The first-order valence-electron chi connectivity index (χ1n) is 6.09. The molecule has 1 aromatic rings. The molecule has 6 nitrogen and oxygen atoms in total. The smallest absolute Gasteiger partial charge is 0.310 e. The summed E-state index contributed by atoms with van der Waals surface area (Å²) in [7, 11) is -4.22. The second kappa shape index (κ2) is 5.66. The van der Waals surface area contributed by atoms with Crippen LogP contribution in [0.4, 0.5) is 8.78 Å². The van der Waals surface area contributed by atoms with Gasteiger partial charge in [-0.15, -0.1) is 0 Å². The normalized spacial score (nSPS) is 24.0. The van der Waals surface area contributed by atoms with Crippen LogP contribution in [0.2, 0.25) is 0 Å². The monoisotopic (exact) mass is 321 g/mol. The van der Waals surface area contributed by atoms with Crippen molar-refractivity contribution in [2.75, 3.05) is 13.1 Å². The van der Waals surface area contributed by atoms with Crippen LogP contribution in [0.1, 0.15) is 6.42 Å². The molecule has 0 unspecified atom stereocenters. The van der Waals surface area contributed by atoms with Crippen molar-refractivity contribution in [2.45, 2.75) is 17.4 Å². The molecule has 0 aromatic heterocycles. The van der Waals surface area contributed by atoms with Crippen LogP contribution in [0.25, 0.3) is 0 Å². The van der Waals surface area contributed by atoms with E-state index in [1.165, 1.54) is 0 Å². The number of benzene rings is 1. The lowest BCUT2D eigenvalue weighted by Gasteiger charge is -2.33. The first-order valence-corrected chi connectivity index (χ1v) is 7.53. The predicted molar refractivity (Wildman–Crippen MR) is 66.9 cm³/mol. The van der Waals surface area contributed by atoms with Gasteiger partial charge in [-0.05, 0) is 18.6 Å². The average molecular weight is 321 g/mol. The van der Waals surface area contributed by atoms with E-state index in [4.69, 9.17) is 5.11 Å². The Morgan fingerprint density at radius 2 is 1.81 bits per heavy atom. The lowest BCUT2D eigenvalue weighted by molar-refractivity contribution is -0.147. The predicted octanol–water partition coefficient (Wildman–Crippen LogP) is 0.421. The Balaban J connectivity index is 2.33. The number of piperidine rings is 1. The van der Waals surface area contributed by atoms with Crippen LogP contribution in [-0.2, 0) is 14.8 Å². The van der Waals surface area contributed by atoms with Gasteiger partial charge >= 0.3 is 5.97 Å². The molecule has 1 fully saturated rings. The number of aliphatic carboxylic acids is 1. The van der Waals surface area contributed by atoms with Gasteiger partial charge in [-0.25, -0.2) is 17.2 Å².